The topological polar surface area (TPSA) is 81.8 Å². The predicted octanol–water partition coefficient (Wildman–Crippen LogP) is 2.87. The molecule has 0 unspecified atom stereocenters. The van der Waals surface area contributed by atoms with Crippen LogP contribution in [0.3, 0.4) is 0 Å². The van der Waals surface area contributed by atoms with E-state index in [1.807, 2.05) is 33.2 Å². The third-order valence-corrected chi connectivity index (χ3v) is 4.67. The molecule has 1 aliphatic rings. The first-order chi connectivity index (χ1) is 13.8. The Kier molecular flexibility index (Phi) is 6.29. The molecule has 1 saturated heterocycles. The largest absolute Gasteiger partial charge is 0.323 e. The Morgan fingerprint density at radius 1 is 1.03 bits per heavy atom. The van der Waals surface area contributed by atoms with Crippen molar-refractivity contribution in [1.82, 2.24) is 4.90 Å². The molecule has 0 aromatic heterocycles. The normalized spacial score (nSPS) is 13.7. The van der Waals surface area contributed by atoms with Gasteiger partial charge in [0.05, 0.1) is 17.9 Å². The number of carbonyl (C=O) groups is 3. The van der Waals surface area contributed by atoms with E-state index in [9.17, 15) is 14.4 Å². The Hall–Kier alpha value is -3.19. The van der Waals surface area contributed by atoms with E-state index >= 15 is 0 Å². The SMILES string of the molecule is Cc1ccc(NC(=O)CN(C)C)c(NC(=O)c2ccc(N3CCCC3=O)cc2)c1. The molecule has 2 N–H and O–H groups in total. The van der Waals surface area contributed by atoms with E-state index < -0.39 is 0 Å². The van der Waals surface area contributed by atoms with Crippen LogP contribution in [0.5, 0.6) is 0 Å². The molecule has 3 amide bonds. The molecule has 0 spiro atoms. The zero-order valence-corrected chi connectivity index (χ0v) is 17.0. The third kappa shape index (κ3) is 5.20. The lowest BCUT2D eigenvalue weighted by molar-refractivity contribution is -0.117. The summed E-state index contributed by atoms with van der Waals surface area (Å²) in [5, 5.41) is 5.71. The average molecular weight is 394 g/mol. The molecule has 1 heterocycles. The Labute approximate surface area is 170 Å². The monoisotopic (exact) mass is 394 g/mol. The molecule has 29 heavy (non-hydrogen) atoms. The van der Waals surface area contributed by atoms with Crippen LogP contribution in [0, 0.1) is 6.92 Å². The van der Waals surface area contributed by atoms with Gasteiger partial charge in [0.15, 0.2) is 0 Å². The fourth-order valence-corrected chi connectivity index (χ4v) is 3.26. The molecule has 0 bridgehead atoms. The van der Waals surface area contributed by atoms with Crippen LogP contribution in [0.4, 0.5) is 17.1 Å². The minimum Gasteiger partial charge on any atom is -0.323 e. The van der Waals surface area contributed by atoms with Crippen LogP contribution in [-0.2, 0) is 9.59 Å². The Morgan fingerprint density at radius 2 is 1.76 bits per heavy atom. The number of anilines is 3. The summed E-state index contributed by atoms with van der Waals surface area (Å²) >= 11 is 0. The van der Waals surface area contributed by atoms with Crippen LogP contribution in [0.1, 0.15) is 28.8 Å². The highest BCUT2D eigenvalue weighted by Gasteiger charge is 2.21. The van der Waals surface area contributed by atoms with Crippen molar-refractivity contribution in [2.75, 3.05) is 42.7 Å². The summed E-state index contributed by atoms with van der Waals surface area (Å²) < 4.78 is 0. The number of nitrogens with one attached hydrogen (secondary N) is 2. The van der Waals surface area contributed by atoms with E-state index in [4.69, 9.17) is 0 Å². The molecular weight excluding hydrogens is 368 g/mol. The number of hydrogen-bond donors (Lipinski definition) is 2. The van der Waals surface area contributed by atoms with E-state index in [0.717, 1.165) is 17.7 Å². The number of aryl methyl sites for hydroxylation is 1. The van der Waals surface area contributed by atoms with Crippen LogP contribution >= 0.6 is 0 Å². The average Bonchev–Trinajstić information content (AvgIpc) is 3.09. The molecule has 152 valence electrons. The Morgan fingerprint density at radius 3 is 2.38 bits per heavy atom. The highest BCUT2D eigenvalue weighted by molar-refractivity contribution is 6.08. The quantitative estimate of drug-likeness (QED) is 0.789. The van der Waals surface area contributed by atoms with Gasteiger partial charge in [-0.25, -0.2) is 0 Å². The minimum absolute atomic E-state index is 0.111. The molecule has 7 nitrogen and oxygen atoms in total. The van der Waals surface area contributed by atoms with Crippen molar-refractivity contribution in [3.8, 4) is 0 Å². The third-order valence-electron chi connectivity index (χ3n) is 4.67. The first kappa shape index (κ1) is 20.5. The van der Waals surface area contributed by atoms with Gasteiger partial charge >= 0.3 is 0 Å². The second-order valence-corrected chi connectivity index (χ2v) is 7.48. The number of rotatable bonds is 6. The van der Waals surface area contributed by atoms with Crippen molar-refractivity contribution in [2.45, 2.75) is 19.8 Å². The highest BCUT2D eigenvalue weighted by Crippen LogP contribution is 2.25. The summed E-state index contributed by atoms with van der Waals surface area (Å²) in [6.07, 6.45) is 1.43. The van der Waals surface area contributed by atoms with Gasteiger partial charge in [0, 0.05) is 24.2 Å². The number of benzene rings is 2. The molecule has 0 aliphatic carbocycles. The molecule has 0 atom stereocenters. The zero-order valence-electron chi connectivity index (χ0n) is 17.0. The lowest BCUT2D eigenvalue weighted by atomic mass is 10.1. The molecular formula is C22H26N4O3. The number of nitrogens with zero attached hydrogens (tertiary/aromatic N) is 2. The smallest absolute Gasteiger partial charge is 0.255 e. The summed E-state index contributed by atoms with van der Waals surface area (Å²) in [6, 6.07) is 12.5. The van der Waals surface area contributed by atoms with Gasteiger partial charge in [-0.15, -0.1) is 0 Å². The van der Waals surface area contributed by atoms with Crippen molar-refractivity contribution in [2.24, 2.45) is 0 Å². The van der Waals surface area contributed by atoms with E-state index in [0.29, 0.717) is 29.9 Å². The van der Waals surface area contributed by atoms with Gasteiger partial charge in [-0.05, 0) is 69.4 Å². The van der Waals surface area contributed by atoms with Gasteiger partial charge in [-0.3, -0.25) is 14.4 Å². The van der Waals surface area contributed by atoms with Crippen LogP contribution in [0.15, 0.2) is 42.5 Å². The zero-order chi connectivity index (χ0) is 21.0. The summed E-state index contributed by atoms with van der Waals surface area (Å²) in [5.74, 6) is -0.327. The highest BCUT2D eigenvalue weighted by atomic mass is 16.2. The van der Waals surface area contributed by atoms with Crippen molar-refractivity contribution in [3.05, 3.63) is 53.6 Å². The van der Waals surface area contributed by atoms with E-state index in [-0.39, 0.29) is 24.3 Å². The van der Waals surface area contributed by atoms with Crippen LogP contribution in [-0.4, -0.2) is 49.8 Å². The fourth-order valence-electron chi connectivity index (χ4n) is 3.26. The summed E-state index contributed by atoms with van der Waals surface area (Å²) in [5.41, 5.74) is 3.34. The van der Waals surface area contributed by atoms with Crippen LogP contribution < -0.4 is 15.5 Å². The first-order valence-corrected chi connectivity index (χ1v) is 9.60. The lowest BCUT2D eigenvalue weighted by Crippen LogP contribution is -2.27. The van der Waals surface area contributed by atoms with Gasteiger partial charge < -0.3 is 20.4 Å². The molecule has 0 saturated carbocycles. The van der Waals surface area contributed by atoms with Gasteiger partial charge in [0.2, 0.25) is 11.8 Å². The van der Waals surface area contributed by atoms with E-state index in [1.165, 1.54) is 0 Å². The number of likely N-dealkylation sites (N-methyl/N-ethyl adjacent to an activating group) is 1. The molecule has 1 aliphatic heterocycles. The first-order valence-electron chi connectivity index (χ1n) is 9.60. The van der Waals surface area contributed by atoms with Gasteiger partial charge in [-0.1, -0.05) is 6.07 Å². The maximum atomic E-state index is 12.7. The minimum atomic E-state index is -0.280. The lowest BCUT2D eigenvalue weighted by Gasteiger charge is -2.17. The maximum absolute atomic E-state index is 12.7. The van der Waals surface area contributed by atoms with E-state index in [1.54, 1.807) is 40.1 Å². The van der Waals surface area contributed by atoms with Crippen LogP contribution in [0.25, 0.3) is 0 Å². The molecule has 0 radical (unpaired) electrons. The van der Waals surface area contributed by atoms with Crippen molar-refractivity contribution in [3.63, 3.8) is 0 Å². The summed E-state index contributed by atoms with van der Waals surface area (Å²) in [7, 11) is 3.63. The second-order valence-electron chi connectivity index (χ2n) is 7.48. The van der Waals surface area contributed by atoms with Gasteiger partial charge in [0.1, 0.15) is 0 Å². The molecule has 1 fully saturated rings. The van der Waals surface area contributed by atoms with E-state index in [2.05, 4.69) is 10.6 Å². The Bertz CT molecular complexity index is 922. The summed E-state index contributed by atoms with van der Waals surface area (Å²) in [6.45, 7) is 2.88. The molecule has 2 aromatic rings. The van der Waals surface area contributed by atoms with Crippen molar-refractivity contribution < 1.29 is 14.4 Å². The number of hydrogen-bond acceptors (Lipinski definition) is 4. The Balaban J connectivity index is 1.73. The number of amides is 3. The van der Waals surface area contributed by atoms with Crippen molar-refractivity contribution in [1.29, 1.82) is 0 Å². The predicted molar refractivity (Wildman–Crippen MR) is 114 cm³/mol. The molecule has 7 heteroatoms. The maximum Gasteiger partial charge on any atom is 0.255 e. The van der Waals surface area contributed by atoms with Crippen molar-refractivity contribution >= 4 is 34.8 Å². The second kappa shape index (κ2) is 8.87. The van der Waals surface area contributed by atoms with Crippen LogP contribution in [0.2, 0.25) is 0 Å². The molecule has 3 rings (SSSR count). The summed E-state index contributed by atoms with van der Waals surface area (Å²) in [4.78, 5) is 40.2. The number of carbonyl (C=O) groups excluding carboxylic acids is 3. The van der Waals surface area contributed by atoms with Gasteiger partial charge in [-0.2, -0.15) is 0 Å². The fraction of sp³-hybridized carbons (Fsp3) is 0.318. The molecule has 2 aromatic carbocycles. The van der Waals surface area contributed by atoms with Gasteiger partial charge in [0.25, 0.3) is 5.91 Å². The standard InChI is InChI=1S/C22H26N4O3/c1-15-6-11-18(23-20(27)14-25(2)3)19(13-15)24-22(29)16-7-9-17(10-8-16)26-12-4-5-21(26)28/h6-11,13H,4-5,12,14H2,1-3H3,(H,23,27)(H,24,29).